The lowest BCUT2D eigenvalue weighted by molar-refractivity contribution is 0.201. The zero-order valence-electron chi connectivity index (χ0n) is 9.60. The molecule has 0 radical (unpaired) electrons. The lowest BCUT2D eigenvalue weighted by atomic mass is 10.2. The number of rotatable bonds is 7. The number of alkyl halides is 1. The van der Waals surface area contributed by atoms with Gasteiger partial charge in [0.15, 0.2) is 0 Å². The molecule has 17 heavy (non-hydrogen) atoms. The normalized spacial score (nSPS) is 13.5. The van der Waals surface area contributed by atoms with E-state index in [1.165, 1.54) is 0 Å². The van der Waals surface area contributed by atoms with E-state index in [1.807, 2.05) is 18.2 Å². The Bertz CT molecular complexity index is 422. The van der Waals surface area contributed by atoms with Gasteiger partial charge in [-0.3, -0.25) is 0 Å². The summed E-state index contributed by atoms with van der Waals surface area (Å²) >= 11 is 3.32. The number of hydrogen-bond acceptors (Lipinski definition) is 3. The maximum absolute atomic E-state index is 11.7. The first-order valence-electron chi connectivity index (χ1n) is 5.18. The van der Waals surface area contributed by atoms with Crippen LogP contribution in [0, 0.1) is 0 Å². The topological polar surface area (TPSA) is 55.4 Å². The Morgan fingerprint density at radius 2 is 2.00 bits per heavy atom. The van der Waals surface area contributed by atoms with E-state index in [9.17, 15) is 8.42 Å². The molecule has 0 aliphatic carbocycles. The number of nitrogens with one attached hydrogen (secondary N) is 1. The Labute approximate surface area is 111 Å². The largest absolute Gasteiger partial charge is 0.383 e. The van der Waals surface area contributed by atoms with Gasteiger partial charge in [-0.25, -0.2) is 13.1 Å². The van der Waals surface area contributed by atoms with E-state index in [4.69, 9.17) is 4.74 Å². The van der Waals surface area contributed by atoms with Gasteiger partial charge in [0.1, 0.15) is 0 Å². The van der Waals surface area contributed by atoms with E-state index >= 15 is 0 Å². The predicted molar refractivity (Wildman–Crippen MR) is 71.7 cm³/mol. The van der Waals surface area contributed by atoms with Crippen LogP contribution < -0.4 is 4.72 Å². The Morgan fingerprint density at radius 1 is 1.35 bits per heavy atom. The van der Waals surface area contributed by atoms with Gasteiger partial charge in [-0.1, -0.05) is 46.3 Å². The molecule has 0 fully saturated rings. The summed E-state index contributed by atoms with van der Waals surface area (Å²) in [7, 11) is -1.71. The second-order valence-electron chi connectivity index (χ2n) is 3.65. The minimum absolute atomic E-state index is 0.000538. The van der Waals surface area contributed by atoms with E-state index in [-0.39, 0.29) is 10.6 Å². The summed E-state index contributed by atoms with van der Waals surface area (Å²) in [6.07, 6.45) is 0. The maximum atomic E-state index is 11.7. The third kappa shape index (κ3) is 6.16. The minimum Gasteiger partial charge on any atom is -0.383 e. The lowest BCUT2D eigenvalue weighted by Crippen LogP contribution is -2.32. The molecular weight excluding hydrogens is 306 g/mol. The van der Waals surface area contributed by atoms with Crippen molar-refractivity contribution in [1.82, 2.24) is 4.72 Å². The van der Waals surface area contributed by atoms with Crippen LogP contribution in [0.5, 0.6) is 0 Å². The fraction of sp³-hybridized carbons (Fsp3) is 0.455. The summed E-state index contributed by atoms with van der Waals surface area (Å²) in [5, 5.41) is 0. The molecule has 1 aromatic rings. The van der Waals surface area contributed by atoms with Crippen LogP contribution >= 0.6 is 15.9 Å². The second kappa shape index (κ2) is 7.10. The van der Waals surface area contributed by atoms with Crippen LogP contribution in [0.25, 0.3) is 0 Å². The van der Waals surface area contributed by atoms with Crippen LogP contribution in [0.15, 0.2) is 30.3 Å². The molecule has 96 valence electrons. The van der Waals surface area contributed by atoms with Gasteiger partial charge in [0, 0.05) is 13.7 Å². The summed E-state index contributed by atoms with van der Waals surface area (Å²) in [6.45, 7) is 0.789. The standard InChI is InChI=1S/C11H16BrNO3S/c1-16-8-11(12)7-13-17(14,15)9-10-5-3-2-4-6-10/h2-6,11,13H,7-9H2,1H3. The molecule has 1 atom stereocenters. The molecule has 1 rings (SSSR count). The molecule has 0 saturated heterocycles. The Balaban J connectivity index is 2.47. The zero-order chi connectivity index (χ0) is 12.7. The van der Waals surface area contributed by atoms with Gasteiger partial charge in [-0.05, 0) is 5.56 Å². The van der Waals surface area contributed by atoms with Crippen molar-refractivity contribution < 1.29 is 13.2 Å². The molecule has 0 amide bonds. The third-order valence-corrected chi connectivity index (χ3v) is 3.98. The molecule has 1 aromatic carbocycles. The molecule has 1 N–H and O–H groups in total. The molecule has 4 nitrogen and oxygen atoms in total. The van der Waals surface area contributed by atoms with Gasteiger partial charge in [0.25, 0.3) is 0 Å². The Hall–Kier alpha value is -0.430. The van der Waals surface area contributed by atoms with Crippen LogP contribution in [0.4, 0.5) is 0 Å². The quantitative estimate of drug-likeness (QED) is 0.775. The minimum atomic E-state index is -3.28. The first-order chi connectivity index (χ1) is 8.03. The summed E-state index contributed by atoms with van der Waals surface area (Å²) in [5.41, 5.74) is 0.776. The summed E-state index contributed by atoms with van der Waals surface area (Å²) in [6, 6.07) is 9.09. The number of hydrogen-bond donors (Lipinski definition) is 1. The molecule has 0 saturated carbocycles. The van der Waals surface area contributed by atoms with Crippen molar-refractivity contribution in [3.63, 3.8) is 0 Å². The maximum Gasteiger partial charge on any atom is 0.215 e. The zero-order valence-corrected chi connectivity index (χ0v) is 12.0. The lowest BCUT2D eigenvalue weighted by Gasteiger charge is -2.10. The molecule has 1 unspecified atom stereocenters. The van der Waals surface area contributed by atoms with E-state index in [0.717, 1.165) is 5.56 Å². The Morgan fingerprint density at radius 3 is 2.59 bits per heavy atom. The average Bonchev–Trinajstić information content (AvgIpc) is 2.28. The van der Waals surface area contributed by atoms with Crippen molar-refractivity contribution in [2.45, 2.75) is 10.6 Å². The monoisotopic (exact) mass is 321 g/mol. The van der Waals surface area contributed by atoms with Crippen LogP contribution in [0.2, 0.25) is 0 Å². The third-order valence-electron chi connectivity index (χ3n) is 2.07. The number of benzene rings is 1. The van der Waals surface area contributed by atoms with Gasteiger partial charge in [-0.15, -0.1) is 0 Å². The van der Waals surface area contributed by atoms with Crippen molar-refractivity contribution in [3.8, 4) is 0 Å². The van der Waals surface area contributed by atoms with E-state index in [0.29, 0.717) is 13.2 Å². The number of halogens is 1. The molecule has 0 heterocycles. The van der Waals surface area contributed by atoms with Crippen molar-refractivity contribution in [3.05, 3.63) is 35.9 Å². The highest BCUT2D eigenvalue weighted by molar-refractivity contribution is 9.09. The molecular formula is C11H16BrNO3S. The van der Waals surface area contributed by atoms with E-state index in [2.05, 4.69) is 20.7 Å². The summed E-state index contributed by atoms with van der Waals surface area (Å²) < 4.78 is 30.9. The first kappa shape index (κ1) is 14.6. The van der Waals surface area contributed by atoms with Crippen molar-refractivity contribution >= 4 is 26.0 Å². The van der Waals surface area contributed by atoms with E-state index in [1.54, 1.807) is 19.2 Å². The summed E-state index contributed by atoms with van der Waals surface area (Å²) in [5.74, 6) is 0.000538. The van der Waals surface area contributed by atoms with Gasteiger partial charge < -0.3 is 4.74 Å². The van der Waals surface area contributed by atoms with Crippen LogP contribution in [0.3, 0.4) is 0 Å². The first-order valence-corrected chi connectivity index (χ1v) is 7.74. The van der Waals surface area contributed by atoms with Crippen molar-refractivity contribution in [2.75, 3.05) is 20.3 Å². The molecule has 6 heteroatoms. The highest BCUT2D eigenvalue weighted by Crippen LogP contribution is 2.05. The highest BCUT2D eigenvalue weighted by atomic mass is 79.9. The fourth-order valence-electron chi connectivity index (χ4n) is 1.30. The van der Waals surface area contributed by atoms with Gasteiger partial charge in [0.05, 0.1) is 17.2 Å². The fourth-order valence-corrected chi connectivity index (χ4v) is 3.13. The number of methoxy groups -OCH3 is 1. The summed E-state index contributed by atoms with van der Waals surface area (Å²) in [4.78, 5) is -0.0157. The number of ether oxygens (including phenoxy) is 1. The van der Waals surface area contributed by atoms with Gasteiger partial charge in [-0.2, -0.15) is 0 Å². The molecule has 0 aliphatic rings. The smallest absolute Gasteiger partial charge is 0.215 e. The number of sulfonamides is 1. The highest BCUT2D eigenvalue weighted by Gasteiger charge is 2.13. The van der Waals surface area contributed by atoms with Crippen LogP contribution in [0.1, 0.15) is 5.56 Å². The van der Waals surface area contributed by atoms with Crippen LogP contribution in [-0.4, -0.2) is 33.5 Å². The Kier molecular flexibility index (Phi) is 6.11. The molecule has 0 aromatic heterocycles. The van der Waals surface area contributed by atoms with Gasteiger partial charge >= 0.3 is 0 Å². The second-order valence-corrected chi connectivity index (χ2v) is 6.75. The molecule has 0 aliphatic heterocycles. The molecule has 0 bridgehead atoms. The van der Waals surface area contributed by atoms with Crippen molar-refractivity contribution in [1.29, 1.82) is 0 Å². The predicted octanol–water partition coefficient (Wildman–Crippen LogP) is 1.52. The van der Waals surface area contributed by atoms with E-state index < -0.39 is 10.0 Å². The SMILES string of the molecule is COCC(Br)CNS(=O)(=O)Cc1ccccc1. The van der Waals surface area contributed by atoms with Crippen LogP contribution in [-0.2, 0) is 20.5 Å². The van der Waals surface area contributed by atoms with Crippen molar-refractivity contribution in [2.24, 2.45) is 0 Å². The van der Waals surface area contributed by atoms with Gasteiger partial charge in [0.2, 0.25) is 10.0 Å². The average molecular weight is 322 g/mol. The molecule has 0 spiro atoms.